The van der Waals surface area contributed by atoms with Gasteiger partial charge in [0.2, 0.25) is 6.19 Å². The molecule has 0 bridgehead atoms. The molecular weight excluding hydrogens is 396 g/mol. The lowest BCUT2D eigenvalue weighted by Crippen LogP contribution is -2.25. The molecule has 6 nitrogen and oxygen atoms in total. The van der Waals surface area contributed by atoms with Crippen molar-refractivity contribution >= 4 is 28.8 Å². The van der Waals surface area contributed by atoms with Crippen LogP contribution < -0.4 is 9.54 Å². The van der Waals surface area contributed by atoms with Crippen LogP contribution in [0.2, 0.25) is 5.02 Å². The fourth-order valence-electron chi connectivity index (χ4n) is 2.68. The number of benzene rings is 1. The number of hydrogen-bond donors (Lipinski definition) is 1. The maximum absolute atomic E-state index is 10.4. The van der Waals surface area contributed by atoms with Gasteiger partial charge in [-0.2, -0.15) is 15.2 Å². The van der Waals surface area contributed by atoms with E-state index in [4.69, 9.17) is 16.3 Å². The van der Waals surface area contributed by atoms with Gasteiger partial charge in [-0.1, -0.05) is 32.4 Å². The second kappa shape index (κ2) is 7.70. The van der Waals surface area contributed by atoms with Crippen LogP contribution in [0.25, 0.3) is 0 Å². The number of ether oxygens (including phenoxy) is 1. The van der Waals surface area contributed by atoms with Crippen molar-refractivity contribution in [1.29, 1.82) is 5.26 Å². The summed E-state index contributed by atoms with van der Waals surface area (Å²) in [7, 11) is 1.54. The van der Waals surface area contributed by atoms with Crippen molar-refractivity contribution in [1.82, 2.24) is 4.57 Å². The van der Waals surface area contributed by atoms with Gasteiger partial charge in [0, 0.05) is 16.1 Å². The molecule has 148 valence electrons. The number of nitrogens with zero attached hydrogens (tertiary/aromatic N) is 4. The Morgan fingerprint density at radius 3 is 2.71 bits per heavy atom. The predicted octanol–water partition coefficient (Wildman–Crippen LogP) is 3.86. The van der Waals surface area contributed by atoms with E-state index in [-0.39, 0.29) is 11.3 Å². The number of rotatable bonds is 4. The van der Waals surface area contributed by atoms with Gasteiger partial charge in [0.1, 0.15) is 5.75 Å². The van der Waals surface area contributed by atoms with E-state index in [2.05, 4.69) is 30.8 Å². The molecule has 0 radical (unpaired) electrons. The fraction of sp³-hybridized carbons (Fsp3) is 0.450. The van der Waals surface area contributed by atoms with Gasteiger partial charge in [-0.15, -0.1) is 11.3 Å². The monoisotopic (exact) mass is 418 g/mol. The van der Waals surface area contributed by atoms with Gasteiger partial charge < -0.3 is 14.4 Å². The summed E-state index contributed by atoms with van der Waals surface area (Å²) in [4.78, 5) is 10.4. The summed E-state index contributed by atoms with van der Waals surface area (Å²) in [6, 6.07) is 5.10. The summed E-state index contributed by atoms with van der Waals surface area (Å²) in [6.45, 7) is 6.85. The van der Waals surface area contributed by atoms with Gasteiger partial charge in [0.15, 0.2) is 10.6 Å². The van der Waals surface area contributed by atoms with E-state index >= 15 is 0 Å². The SMILES string of the molecule is COc1ccc(Cl)cc1C(/N=c1\sc(C(C)(C)C)cn1CC1(O)CC1)=N\C#N. The molecule has 2 aromatic rings. The molecule has 0 amide bonds. The number of aliphatic hydroxyl groups is 1. The Kier molecular flexibility index (Phi) is 5.67. The lowest BCUT2D eigenvalue weighted by atomic mass is 9.95. The molecule has 1 heterocycles. The molecule has 28 heavy (non-hydrogen) atoms. The smallest absolute Gasteiger partial charge is 0.207 e. The largest absolute Gasteiger partial charge is 0.496 e. The van der Waals surface area contributed by atoms with Crippen LogP contribution in [0.3, 0.4) is 0 Å². The first-order valence-corrected chi connectivity index (χ1v) is 10.1. The fourth-order valence-corrected chi connectivity index (χ4v) is 3.91. The Labute approximate surface area is 173 Å². The maximum atomic E-state index is 10.4. The van der Waals surface area contributed by atoms with Crippen molar-refractivity contribution in [3.63, 3.8) is 0 Å². The molecule has 1 aromatic carbocycles. The Balaban J connectivity index is 2.16. The first kappa shape index (κ1) is 20.6. The van der Waals surface area contributed by atoms with Gasteiger partial charge in [-0.3, -0.25) is 0 Å². The number of nitriles is 1. The first-order valence-electron chi connectivity index (χ1n) is 8.94. The Morgan fingerprint density at radius 2 is 2.14 bits per heavy atom. The average molecular weight is 419 g/mol. The minimum atomic E-state index is -0.675. The highest BCUT2D eigenvalue weighted by Crippen LogP contribution is 2.37. The van der Waals surface area contributed by atoms with E-state index in [0.717, 1.165) is 17.7 Å². The Bertz CT molecular complexity index is 1020. The zero-order chi connectivity index (χ0) is 20.5. The van der Waals surface area contributed by atoms with Crippen LogP contribution in [0.1, 0.15) is 44.1 Å². The van der Waals surface area contributed by atoms with E-state index in [1.54, 1.807) is 25.3 Å². The molecule has 0 saturated heterocycles. The van der Waals surface area contributed by atoms with Crippen molar-refractivity contribution in [2.45, 2.75) is 51.2 Å². The van der Waals surface area contributed by atoms with Crippen LogP contribution in [0.4, 0.5) is 0 Å². The van der Waals surface area contributed by atoms with Crippen LogP contribution in [0.15, 0.2) is 34.4 Å². The summed E-state index contributed by atoms with van der Waals surface area (Å²) in [6.07, 6.45) is 5.40. The van der Waals surface area contributed by atoms with E-state index < -0.39 is 5.60 Å². The molecule has 0 aliphatic heterocycles. The van der Waals surface area contributed by atoms with Crippen LogP contribution in [-0.2, 0) is 12.0 Å². The van der Waals surface area contributed by atoms with Crippen LogP contribution in [0, 0.1) is 11.5 Å². The van der Waals surface area contributed by atoms with Crippen LogP contribution in [0.5, 0.6) is 5.75 Å². The minimum Gasteiger partial charge on any atom is -0.496 e. The van der Waals surface area contributed by atoms with E-state index in [0.29, 0.717) is 27.7 Å². The molecule has 0 spiro atoms. The first-order chi connectivity index (χ1) is 13.1. The molecule has 1 saturated carbocycles. The lowest BCUT2D eigenvalue weighted by Gasteiger charge is -2.15. The van der Waals surface area contributed by atoms with E-state index in [9.17, 15) is 10.4 Å². The van der Waals surface area contributed by atoms with Gasteiger partial charge in [0.25, 0.3) is 0 Å². The summed E-state index contributed by atoms with van der Waals surface area (Å²) in [5.41, 5.74) is -0.197. The zero-order valence-electron chi connectivity index (χ0n) is 16.4. The minimum absolute atomic E-state index is 0.0629. The standard InChI is InChI=1S/C20H23ClN4O2S/c1-19(2,3)16-10-25(11-20(26)7-8-20)18(28-16)24-17(23-12-22)14-9-13(21)5-6-15(14)27-4/h5-6,9-10,26H,7-8,11H2,1-4H3/b23-17+,24-18-. The molecule has 1 fully saturated rings. The van der Waals surface area contributed by atoms with Crippen LogP contribution >= 0.6 is 22.9 Å². The number of aliphatic imine (C=N–C) groups is 1. The maximum Gasteiger partial charge on any atom is 0.207 e. The quantitative estimate of drug-likeness (QED) is 0.465. The normalized spacial score (nSPS) is 16.8. The summed E-state index contributed by atoms with van der Waals surface area (Å²) >= 11 is 7.66. The molecule has 8 heteroatoms. The van der Waals surface area contributed by atoms with Crippen molar-refractivity contribution in [3.05, 3.63) is 44.7 Å². The number of amidine groups is 1. The number of aromatic nitrogens is 1. The molecular formula is C20H23ClN4O2S. The zero-order valence-corrected chi connectivity index (χ0v) is 17.9. The number of thiazole rings is 1. The van der Waals surface area contributed by atoms with Crippen molar-refractivity contribution < 1.29 is 9.84 Å². The number of hydrogen-bond acceptors (Lipinski definition) is 5. The molecule has 1 N–H and O–H groups in total. The molecule has 1 aliphatic rings. The molecule has 3 rings (SSSR count). The van der Waals surface area contributed by atoms with Crippen molar-refractivity contribution in [2.75, 3.05) is 7.11 Å². The van der Waals surface area contributed by atoms with Crippen molar-refractivity contribution in [2.24, 2.45) is 9.98 Å². The van der Waals surface area contributed by atoms with E-state index in [1.807, 2.05) is 17.0 Å². The summed E-state index contributed by atoms with van der Waals surface area (Å²) in [5.74, 6) is 0.753. The summed E-state index contributed by atoms with van der Waals surface area (Å²) in [5, 5.41) is 20.1. The Morgan fingerprint density at radius 1 is 1.43 bits per heavy atom. The highest BCUT2D eigenvalue weighted by molar-refractivity contribution is 7.09. The highest BCUT2D eigenvalue weighted by atomic mass is 35.5. The Hall–Kier alpha value is -2.14. The molecule has 1 aromatic heterocycles. The predicted molar refractivity (Wildman–Crippen MR) is 111 cm³/mol. The van der Waals surface area contributed by atoms with Gasteiger partial charge in [-0.25, -0.2) is 0 Å². The summed E-state index contributed by atoms with van der Waals surface area (Å²) < 4.78 is 7.34. The number of halogens is 1. The van der Waals surface area contributed by atoms with Gasteiger partial charge in [0.05, 0.1) is 24.8 Å². The van der Waals surface area contributed by atoms with Crippen LogP contribution in [-0.4, -0.2) is 28.2 Å². The third kappa shape index (κ3) is 4.64. The van der Waals surface area contributed by atoms with Gasteiger partial charge >= 0.3 is 0 Å². The molecule has 0 atom stereocenters. The topological polar surface area (TPSA) is 82.9 Å². The second-order valence-electron chi connectivity index (χ2n) is 7.97. The highest BCUT2D eigenvalue weighted by Gasteiger charge is 2.41. The molecule has 1 aliphatic carbocycles. The molecule has 0 unspecified atom stereocenters. The lowest BCUT2D eigenvalue weighted by molar-refractivity contribution is 0.128. The van der Waals surface area contributed by atoms with Gasteiger partial charge in [-0.05, 0) is 36.5 Å². The third-order valence-corrected chi connectivity index (χ3v) is 6.19. The van der Waals surface area contributed by atoms with Crippen molar-refractivity contribution in [3.8, 4) is 11.9 Å². The second-order valence-corrected chi connectivity index (χ2v) is 9.42. The third-order valence-electron chi connectivity index (χ3n) is 4.51. The average Bonchev–Trinajstić information content (AvgIpc) is 3.20. The van der Waals surface area contributed by atoms with E-state index in [1.165, 1.54) is 11.3 Å². The number of methoxy groups -OCH3 is 1.